The summed E-state index contributed by atoms with van der Waals surface area (Å²) in [6.45, 7) is 3.00. The first-order valence-corrected chi connectivity index (χ1v) is 9.04. The number of aromatic nitrogens is 6. The predicted octanol–water partition coefficient (Wildman–Crippen LogP) is 3.57. The highest BCUT2D eigenvalue weighted by Crippen LogP contribution is 2.54. The normalized spacial score (nSPS) is 19.1. The van der Waals surface area contributed by atoms with Crippen LogP contribution in [0.5, 0.6) is 5.75 Å². The Morgan fingerprint density at radius 2 is 2.00 bits per heavy atom. The van der Waals surface area contributed by atoms with E-state index in [2.05, 4.69) is 19.8 Å². The Morgan fingerprint density at radius 3 is 2.75 bits per heavy atom. The van der Waals surface area contributed by atoms with E-state index in [1.54, 1.807) is 12.4 Å². The van der Waals surface area contributed by atoms with Crippen LogP contribution < -0.4 is 4.74 Å². The second-order valence-corrected chi connectivity index (χ2v) is 7.19. The van der Waals surface area contributed by atoms with Crippen LogP contribution in [0.4, 0.5) is 8.78 Å². The van der Waals surface area contributed by atoms with E-state index in [1.807, 2.05) is 29.7 Å². The zero-order chi connectivity index (χ0) is 19.6. The number of hydrogen-bond donors (Lipinski definition) is 0. The number of nitrogens with zero attached hydrogens (tertiary/aromatic N) is 6. The number of pyridine rings is 1. The van der Waals surface area contributed by atoms with Gasteiger partial charge in [0.05, 0.1) is 17.1 Å². The summed E-state index contributed by atoms with van der Waals surface area (Å²) in [6.07, 6.45) is 4.40. The van der Waals surface area contributed by atoms with Crippen molar-refractivity contribution in [1.29, 1.82) is 0 Å². The summed E-state index contributed by atoms with van der Waals surface area (Å²) in [5.74, 6) is 1.30. The molecule has 144 valence electrons. The minimum Gasteiger partial charge on any atom is -0.435 e. The number of imidazole rings is 1. The lowest BCUT2D eigenvalue weighted by Gasteiger charge is -2.04. The molecule has 0 radical (unpaired) electrons. The van der Waals surface area contributed by atoms with Gasteiger partial charge < -0.3 is 9.14 Å². The van der Waals surface area contributed by atoms with Gasteiger partial charge in [-0.05, 0) is 33.3 Å². The van der Waals surface area contributed by atoms with E-state index in [-0.39, 0.29) is 17.6 Å². The van der Waals surface area contributed by atoms with Gasteiger partial charge in [-0.15, -0.1) is 0 Å². The SMILES string of the molecule is Cc1ncc(C)n2nc(C3CC3c3nc4cc(OC(F)F)ccn4c3C)nc12. The van der Waals surface area contributed by atoms with Gasteiger partial charge >= 0.3 is 6.61 Å². The molecule has 0 aliphatic heterocycles. The average molecular weight is 384 g/mol. The molecule has 1 fully saturated rings. The van der Waals surface area contributed by atoms with Crippen LogP contribution in [0.1, 0.15) is 46.9 Å². The van der Waals surface area contributed by atoms with Crippen LogP contribution >= 0.6 is 0 Å². The summed E-state index contributed by atoms with van der Waals surface area (Å²) in [6, 6.07) is 3.05. The van der Waals surface area contributed by atoms with E-state index >= 15 is 0 Å². The number of hydrogen-bond acceptors (Lipinski definition) is 5. The van der Waals surface area contributed by atoms with Gasteiger partial charge in [0.2, 0.25) is 0 Å². The Bertz CT molecular complexity index is 1180. The molecule has 4 heterocycles. The zero-order valence-electron chi connectivity index (χ0n) is 15.6. The standard InChI is InChI=1S/C19H18F2N6O/c1-9-8-22-10(2)18-24-17(25-27(9)18)14-7-13(14)16-11(3)26-5-4-12(28-19(20)21)6-15(26)23-16/h4-6,8,13-14,19H,7H2,1-3H3. The Morgan fingerprint density at radius 1 is 1.18 bits per heavy atom. The van der Waals surface area contributed by atoms with Crippen LogP contribution in [0.2, 0.25) is 0 Å². The van der Waals surface area contributed by atoms with Gasteiger partial charge in [0.15, 0.2) is 11.5 Å². The molecule has 0 N–H and O–H groups in total. The smallest absolute Gasteiger partial charge is 0.387 e. The van der Waals surface area contributed by atoms with Gasteiger partial charge in [-0.3, -0.25) is 4.98 Å². The second-order valence-electron chi connectivity index (χ2n) is 7.19. The number of halogens is 2. The Labute approximate surface area is 159 Å². The van der Waals surface area contributed by atoms with Gasteiger partial charge in [0.25, 0.3) is 0 Å². The summed E-state index contributed by atoms with van der Waals surface area (Å²) >= 11 is 0. The fraction of sp³-hybridized carbons (Fsp3) is 0.368. The fourth-order valence-electron chi connectivity index (χ4n) is 3.74. The quantitative estimate of drug-likeness (QED) is 0.538. The van der Waals surface area contributed by atoms with E-state index in [9.17, 15) is 8.78 Å². The molecule has 1 aliphatic rings. The van der Waals surface area contributed by atoms with Gasteiger partial charge in [-0.25, -0.2) is 14.5 Å². The topological polar surface area (TPSA) is 69.6 Å². The Balaban J connectivity index is 1.48. The lowest BCUT2D eigenvalue weighted by atomic mass is 10.2. The van der Waals surface area contributed by atoms with Crippen molar-refractivity contribution < 1.29 is 13.5 Å². The van der Waals surface area contributed by atoms with E-state index in [0.717, 1.165) is 40.7 Å². The van der Waals surface area contributed by atoms with Gasteiger partial charge in [0, 0.05) is 36.0 Å². The molecule has 4 aromatic rings. The minimum atomic E-state index is -2.85. The molecule has 9 heteroatoms. The van der Waals surface area contributed by atoms with Crippen molar-refractivity contribution in [1.82, 2.24) is 29.0 Å². The van der Waals surface area contributed by atoms with Crippen molar-refractivity contribution in [3.8, 4) is 5.75 Å². The first-order valence-electron chi connectivity index (χ1n) is 9.04. The molecule has 0 bridgehead atoms. The largest absolute Gasteiger partial charge is 0.435 e. The monoisotopic (exact) mass is 384 g/mol. The third-order valence-corrected chi connectivity index (χ3v) is 5.30. The number of rotatable bonds is 4. The van der Waals surface area contributed by atoms with E-state index in [1.165, 1.54) is 12.1 Å². The maximum Gasteiger partial charge on any atom is 0.387 e. The van der Waals surface area contributed by atoms with Crippen LogP contribution in [0.3, 0.4) is 0 Å². The molecule has 0 spiro atoms. The number of alkyl halides is 2. The van der Waals surface area contributed by atoms with Crippen molar-refractivity contribution in [2.45, 2.75) is 45.6 Å². The van der Waals surface area contributed by atoms with Crippen molar-refractivity contribution in [3.05, 3.63) is 53.1 Å². The first kappa shape index (κ1) is 17.0. The molecular weight excluding hydrogens is 366 g/mol. The van der Waals surface area contributed by atoms with Crippen molar-refractivity contribution in [2.75, 3.05) is 0 Å². The highest BCUT2D eigenvalue weighted by Gasteiger charge is 2.45. The van der Waals surface area contributed by atoms with Crippen LogP contribution in [0.15, 0.2) is 24.5 Å². The highest BCUT2D eigenvalue weighted by atomic mass is 19.3. The molecule has 0 saturated heterocycles. The molecule has 2 unspecified atom stereocenters. The number of fused-ring (bicyclic) bond motifs is 2. The van der Waals surface area contributed by atoms with Crippen molar-refractivity contribution >= 4 is 11.3 Å². The molecule has 7 nitrogen and oxygen atoms in total. The molecular formula is C19H18F2N6O. The molecule has 0 aromatic carbocycles. The van der Waals surface area contributed by atoms with Crippen LogP contribution in [-0.2, 0) is 0 Å². The number of aryl methyl sites for hydroxylation is 3. The van der Waals surface area contributed by atoms with Gasteiger partial charge in [-0.1, -0.05) is 0 Å². The van der Waals surface area contributed by atoms with E-state index in [4.69, 9.17) is 4.98 Å². The second kappa shape index (κ2) is 5.95. The fourth-order valence-corrected chi connectivity index (χ4v) is 3.74. The Hall–Kier alpha value is -3.10. The molecule has 2 atom stereocenters. The lowest BCUT2D eigenvalue weighted by Crippen LogP contribution is -2.02. The molecule has 5 rings (SSSR count). The van der Waals surface area contributed by atoms with Gasteiger partial charge in [-0.2, -0.15) is 13.9 Å². The summed E-state index contributed by atoms with van der Waals surface area (Å²) in [7, 11) is 0. The average Bonchev–Trinajstić information content (AvgIpc) is 3.18. The third-order valence-electron chi connectivity index (χ3n) is 5.30. The van der Waals surface area contributed by atoms with Crippen molar-refractivity contribution in [3.63, 3.8) is 0 Å². The summed E-state index contributed by atoms with van der Waals surface area (Å²) in [4.78, 5) is 13.7. The van der Waals surface area contributed by atoms with E-state index < -0.39 is 6.61 Å². The predicted molar refractivity (Wildman–Crippen MR) is 96.9 cm³/mol. The van der Waals surface area contributed by atoms with Gasteiger partial charge in [0.1, 0.15) is 11.4 Å². The molecule has 1 aliphatic carbocycles. The third kappa shape index (κ3) is 2.61. The van der Waals surface area contributed by atoms with Crippen LogP contribution in [-0.4, -0.2) is 35.6 Å². The first-order chi connectivity index (χ1) is 13.4. The molecule has 0 amide bonds. The summed E-state index contributed by atoms with van der Waals surface area (Å²) < 4.78 is 33.1. The Kier molecular flexibility index (Phi) is 3.62. The summed E-state index contributed by atoms with van der Waals surface area (Å²) in [5, 5.41) is 4.67. The van der Waals surface area contributed by atoms with E-state index in [0.29, 0.717) is 5.65 Å². The molecule has 4 aromatic heterocycles. The summed E-state index contributed by atoms with van der Waals surface area (Å²) in [5.41, 5.74) is 5.09. The minimum absolute atomic E-state index is 0.104. The molecule has 1 saturated carbocycles. The molecule has 28 heavy (non-hydrogen) atoms. The highest BCUT2D eigenvalue weighted by molar-refractivity contribution is 5.50. The van der Waals surface area contributed by atoms with Crippen molar-refractivity contribution in [2.24, 2.45) is 0 Å². The van der Waals surface area contributed by atoms with Crippen LogP contribution in [0, 0.1) is 20.8 Å². The van der Waals surface area contributed by atoms with Crippen LogP contribution in [0.25, 0.3) is 11.3 Å². The lowest BCUT2D eigenvalue weighted by molar-refractivity contribution is -0.0498. The maximum atomic E-state index is 12.5. The zero-order valence-corrected chi connectivity index (χ0v) is 15.6. The number of ether oxygens (including phenoxy) is 1. The maximum absolute atomic E-state index is 12.5.